The van der Waals surface area contributed by atoms with Crippen molar-refractivity contribution in [2.45, 2.75) is 180 Å². The van der Waals surface area contributed by atoms with E-state index in [0.717, 1.165) is 49.7 Å². The van der Waals surface area contributed by atoms with Crippen molar-refractivity contribution in [1.29, 1.82) is 0 Å². The van der Waals surface area contributed by atoms with Crippen LogP contribution in [0.1, 0.15) is 141 Å². The van der Waals surface area contributed by atoms with Gasteiger partial charge in [-0.1, -0.05) is 102 Å². The first-order chi connectivity index (χ1) is 35.0. The number of carbonyl (C=O) groups excluding carboxylic acids is 8. The van der Waals surface area contributed by atoms with Crippen LogP contribution in [0.5, 0.6) is 0 Å². The number of carbonyl (C=O) groups is 8. The lowest BCUT2D eigenvalue weighted by Gasteiger charge is -2.36. The molecule has 8 amide bonds. The first kappa shape index (κ1) is 57.1. The second kappa shape index (κ2) is 24.9. The smallest absolute Gasteiger partial charge is 0.246 e. The van der Waals surface area contributed by atoms with Gasteiger partial charge in [0.2, 0.25) is 47.3 Å². The molecule has 10 unspecified atom stereocenters. The highest BCUT2D eigenvalue weighted by Gasteiger charge is 2.48. The number of hydrogen-bond donors (Lipinski definition) is 8. The van der Waals surface area contributed by atoms with E-state index in [9.17, 15) is 38.4 Å². The van der Waals surface area contributed by atoms with E-state index in [1.807, 2.05) is 77.9 Å². The molecule has 2 aromatic carbocycles. The minimum absolute atomic E-state index is 0.0475. The van der Waals surface area contributed by atoms with Gasteiger partial charge in [-0.2, -0.15) is 0 Å². The first-order valence-electron chi connectivity index (χ1n) is 26.6. The quantitative estimate of drug-likeness (QED) is 0.102. The average molecular weight is 1020 g/mol. The van der Waals surface area contributed by atoms with E-state index in [1.165, 1.54) is 20.9 Å². The molecule has 74 heavy (non-hydrogen) atoms. The van der Waals surface area contributed by atoms with Crippen LogP contribution in [0.25, 0.3) is 0 Å². The molecule has 2 saturated heterocycles. The molecule has 0 saturated carbocycles. The number of benzene rings is 2. The third-order valence-corrected chi connectivity index (χ3v) is 15.1. The Hall–Kier alpha value is -6.14. The largest absolute Gasteiger partial charge is 0.351 e. The molecule has 18 heteroatoms. The van der Waals surface area contributed by atoms with Crippen LogP contribution in [-0.2, 0) is 51.2 Å². The monoisotopic (exact) mass is 1020 g/mol. The van der Waals surface area contributed by atoms with Crippen LogP contribution < -0.4 is 42.5 Å². The van der Waals surface area contributed by atoms with Crippen LogP contribution in [0.3, 0.4) is 0 Å². The van der Waals surface area contributed by atoms with Gasteiger partial charge in [0.15, 0.2) is 0 Å². The Labute approximate surface area is 437 Å². The van der Waals surface area contributed by atoms with E-state index < -0.39 is 71.0 Å². The molecule has 8 N–H and O–H groups in total. The lowest BCUT2D eigenvalue weighted by atomic mass is 9.85. The maximum atomic E-state index is 14.5. The molecule has 0 spiro atoms. The van der Waals surface area contributed by atoms with Crippen molar-refractivity contribution in [3.05, 3.63) is 82.9 Å². The Kier molecular flexibility index (Phi) is 19.2. The minimum atomic E-state index is -0.962. The van der Waals surface area contributed by atoms with Crippen molar-refractivity contribution < 1.29 is 38.4 Å². The highest BCUT2D eigenvalue weighted by atomic mass is 16.2. The average Bonchev–Trinajstić information content (AvgIpc) is 3.99. The molecule has 0 radical (unpaired) electrons. The van der Waals surface area contributed by atoms with E-state index in [-0.39, 0.29) is 86.3 Å². The van der Waals surface area contributed by atoms with Crippen LogP contribution in [0, 0.1) is 10.8 Å². The lowest BCUT2D eigenvalue weighted by molar-refractivity contribution is -0.144. The summed E-state index contributed by atoms with van der Waals surface area (Å²) in [7, 11) is 3.31. The second-order valence-electron chi connectivity index (χ2n) is 22.8. The Bertz CT molecular complexity index is 2250. The normalized spacial score (nSPS) is 23.3. The molecule has 10 atom stereocenters. The Morgan fingerprint density at radius 3 is 1.28 bits per heavy atom. The lowest BCUT2D eigenvalue weighted by Crippen LogP contribution is -2.59. The Morgan fingerprint density at radius 2 is 0.932 bits per heavy atom. The van der Waals surface area contributed by atoms with Crippen LogP contribution in [-0.4, -0.2) is 133 Å². The molecule has 2 fully saturated rings. The van der Waals surface area contributed by atoms with Gasteiger partial charge in [-0.25, -0.2) is 0 Å². The zero-order chi connectivity index (χ0) is 54.1. The molecule has 2 aliphatic carbocycles. The zero-order valence-electron chi connectivity index (χ0n) is 45.2. The van der Waals surface area contributed by atoms with Crippen molar-refractivity contribution >= 4 is 47.3 Å². The number of nitrogens with zero attached hydrogens (tertiary/aromatic N) is 2. The third kappa shape index (κ3) is 14.4. The number of nitrogens with one attached hydrogen (secondary N) is 8. The minimum Gasteiger partial charge on any atom is -0.351 e. The molecule has 404 valence electrons. The first-order valence-corrected chi connectivity index (χ1v) is 26.6. The summed E-state index contributed by atoms with van der Waals surface area (Å²) < 4.78 is 0. The van der Waals surface area contributed by atoms with Gasteiger partial charge in [0, 0.05) is 38.0 Å². The van der Waals surface area contributed by atoms with Crippen LogP contribution in [0.15, 0.2) is 60.7 Å². The third-order valence-electron chi connectivity index (χ3n) is 15.1. The molecular weight excluding hydrogens is 941 g/mol. The number of hydrogen-bond acceptors (Lipinski definition) is 10. The summed E-state index contributed by atoms with van der Waals surface area (Å²) in [5, 5.41) is 24.1. The summed E-state index contributed by atoms with van der Waals surface area (Å²) in [4.78, 5) is 114. The SMILES string of the molecule is CNC(C)C(=O)NC(C(=O)N1CC(NC(=O)CC=CCC(=O)NC2CC(C(=O)NC3CCCc4ccccc43)N(C(=O)C(NC(=O)C(C)NC)C(C)(C)C)C2)CC1C(=O)NC1CCCc2ccccc21)C(C)(C)C. The number of likely N-dealkylation sites (tertiary alicyclic amines) is 2. The van der Waals surface area contributed by atoms with Crippen molar-refractivity contribution in [2.75, 3.05) is 27.2 Å². The van der Waals surface area contributed by atoms with Crippen LogP contribution in [0.2, 0.25) is 0 Å². The number of rotatable bonds is 18. The van der Waals surface area contributed by atoms with Crippen LogP contribution in [0.4, 0.5) is 0 Å². The topological polar surface area (TPSA) is 239 Å². The summed E-state index contributed by atoms with van der Waals surface area (Å²) >= 11 is 0. The summed E-state index contributed by atoms with van der Waals surface area (Å²) in [6.45, 7) is 14.6. The molecule has 6 rings (SSSR count). The van der Waals surface area contributed by atoms with Gasteiger partial charge in [-0.3, -0.25) is 38.4 Å². The van der Waals surface area contributed by atoms with E-state index in [4.69, 9.17) is 0 Å². The summed E-state index contributed by atoms with van der Waals surface area (Å²) in [6, 6.07) is 9.53. The highest BCUT2D eigenvalue weighted by Crippen LogP contribution is 2.34. The summed E-state index contributed by atoms with van der Waals surface area (Å²) in [5.74, 6) is -2.95. The van der Waals surface area contributed by atoms with Crippen molar-refractivity contribution in [3.8, 4) is 0 Å². The Balaban J connectivity index is 1.10. The van der Waals surface area contributed by atoms with Crippen molar-refractivity contribution in [1.82, 2.24) is 52.3 Å². The Morgan fingerprint density at radius 1 is 0.568 bits per heavy atom. The van der Waals surface area contributed by atoms with Gasteiger partial charge in [0.25, 0.3) is 0 Å². The predicted octanol–water partition coefficient (Wildman–Crippen LogP) is 3.16. The predicted molar refractivity (Wildman–Crippen MR) is 283 cm³/mol. The number of aryl methyl sites for hydroxylation is 2. The molecule has 0 bridgehead atoms. The van der Waals surface area contributed by atoms with E-state index in [0.29, 0.717) is 0 Å². The molecule has 2 aliphatic heterocycles. The highest BCUT2D eigenvalue weighted by molar-refractivity contribution is 5.95. The van der Waals surface area contributed by atoms with Gasteiger partial charge < -0.3 is 52.3 Å². The molecule has 4 aliphatic rings. The zero-order valence-corrected chi connectivity index (χ0v) is 45.2. The van der Waals surface area contributed by atoms with E-state index in [1.54, 1.807) is 40.1 Å². The fourth-order valence-corrected chi connectivity index (χ4v) is 10.6. The molecule has 18 nitrogen and oxygen atoms in total. The second-order valence-corrected chi connectivity index (χ2v) is 22.8. The summed E-state index contributed by atoms with van der Waals surface area (Å²) in [5.41, 5.74) is 3.02. The molecule has 2 aromatic rings. The van der Waals surface area contributed by atoms with E-state index in [2.05, 4.69) is 54.7 Å². The van der Waals surface area contributed by atoms with E-state index >= 15 is 0 Å². The van der Waals surface area contributed by atoms with Gasteiger partial charge in [0.05, 0.1) is 24.2 Å². The van der Waals surface area contributed by atoms with Gasteiger partial charge in [-0.05, 0) is 112 Å². The maximum absolute atomic E-state index is 14.5. The fourth-order valence-electron chi connectivity index (χ4n) is 10.6. The van der Waals surface area contributed by atoms with Gasteiger partial charge >= 0.3 is 0 Å². The standard InChI is InChI=1S/C56H82N10O8/c1-33(57-9)49(69)63-47(55(3,4)5)53(73)65-31-37(29-43(65)51(71)61-41-25-17-21-35-19-11-13-23-39(35)41)59-45(67)27-15-16-28-46(68)60-38-30-44(52(72)62-42-26-18-22-36-20-12-14-24-40(36)42)66(32-38)54(74)48(56(6,7)8)64-50(70)34(2)58-10/h11-16,19-20,23-24,33-34,37-38,41-44,47-48,57-58H,17-18,21-22,25-32H2,1-10H3,(H,59,67)(H,60,68)(H,61,71)(H,62,72)(H,63,69)(H,64,70). The molecule has 0 aromatic heterocycles. The van der Waals surface area contributed by atoms with Crippen LogP contribution >= 0.6 is 0 Å². The molecular formula is C56H82N10O8. The number of fused-ring (bicyclic) bond motifs is 2. The number of likely N-dealkylation sites (N-methyl/N-ethyl adjacent to an activating group) is 2. The summed E-state index contributed by atoms with van der Waals surface area (Å²) in [6.07, 6.45) is 8.45. The maximum Gasteiger partial charge on any atom is 0.246 e. The van der Waals surface area contributed by atoms with Crippen molar-refractivity contribution in [3.63, 3.8) is 0 Å². The van der Waals surface area contributed by atoms with Gasteiger partial charge in [-0.15, -0.1) is 0 Å². The number of amides is 8. The fraction of sp³-hybridized carbons (Fsp3) is 0.607. The van der Waals surface area contributed by atoms with Crippen molar-refractivity contribution in [2.24, 2.45) is 10.8 Å². The molecule has 2 heterocycles. The van der Waals surface area contributed by atoms with Gasteiger partial charge in [0.1, 0.15) is 24.2 Å².